The Balaban J connectivity index is 0.00000529. The molecule has 1 atom stereocenters. The topological polar surface area (TPSA) is 70.2 Å². The Morgan fingerprint density at radius 3 is 2.38 bits per heavy atom. The van der Waals surface area contributed by atoms with E-state index in [4.69, 9.17) is 0 Å². The van der Waals surface area contributed by atoms with E-state index < -0.39 is 6.04 Å². The second kappa shape index (κ2) is 11.9. The molecule has 0 fully saturated rings. The SMILES string of the molecule is CNCCCNC(=O)C(CC(C)C)NC(=O)c1ccccc1C.Cl. The number of aryl methyl sites for hydroxylation is 1. The minimum Gasteiger partial charge on any atom is -0.354 e. The van der Waals surface area contributed by atoms with Crippen LogP contribution in [0.3, 0.4) is 0 Å². The highest BCUT2D eigenvalue weighted by Crippen LogP contribution is 2.10. The molecule has 0 heterocycles. The van der Waals surface area contributed by atoms with E-state index in [0.717, 1.165) is 18.5 Å². The molecule has 1 aromatic rings. The van der Waals surface area contributed by atoms with Gasteiger partial charge in [-0.25, -0.2) is 0 Å². The molecule has 0 aliphatic rings. The van der Waals surface area contributed by atoms with E-state index in [2.05, 4.69) is 16.0 Å². The van der Waals surface area contributed by atoms with Crippen LogP contribution in [-0.4, -0.2) is 38.0 Å². The molecule has 5 nitrogen and oxygen atoms in total. The van der Waals surface area contributed by atoms with Gasteiger partial charge in [-0.2, -0.15) is 0 Å². The van der Waals surface area contributed by atoms with Gasteiger partial charge in [0.15, 0.2) is 0 Å². The van der Waals surface area contributed by atoms with Crippen molar-refractivity contribution in [3.05, 3.63) is 35.4 Å². The molecule has 1 aromatic carbocycles. The molecule has 3 N–H and O–H groups in total. The van der Waals surface area contributed by atoms with Crippen molar-refractivity contribution in [1.29, 1.82) is 0 Å². The van der Waals surface area contributed by atoms with Gasteiger partial charge in [-0.15, -0.1) is 12.4 Å². The lowest BCUT2D eigenvalue weighted by Gasteiger charge is -2.20. The van der Waals surface area contributed by atoms with Crippen molar-refractivity contribution in [3.63, 3.8) is 0 Å². The predicted octanol–water partition coefficient (Wildman–Crippen LogP) is 2.29. The molecule has 0 aliphatic carbocycles. The van der Waals surface area contributed by atoms with Crippen LogP contribution in [0.1, 0.15) is 42.6 Å². The van der Waals surface area contributed by atoms with E-state index in [0.29, 0.717) is 24.4 Å². The van der Waals surface area contributed by atoms with Crippen LogP contribution in [0.25, 0.3) is 0 Å². The summed E-state index contributed by atoms with van der Waals surface area (Å²) in [5.41, 5.74) is 1.52. The van der Waals surface area contributed by atoms with Gasteiger partial charge in [0.05, 0.1) is 0 Å². The number of hydrogen-bond acceptors (Lipinski definition) is 3. The smallest absolute Gasteiger partial charge is 0.252 e. The van der Waals surface area contributed by atoms with Crippen molar-refractivity contribution in [1.82, 2.24) is 16.0 Å². The molecular weight excluding hydrogens is 326 g/mol. The summed E-state index contributed by atoms with van der Waals surface area (Å²) in [5.74, 6) is 0.0103. The first-order valence-electron chi connectivity index (χ1n) is 8.24. The molecule has 0 saturated heterocycles. The van der Waals surface area contributed by atoms with Crippen molar-refractivity contribution in [2.45, 2.75) is 39.7 Å². The van der Waals surface area contributed by atoms with Crippen LogP contribution in [0, 0.1) is 12.8 Å². The zero-order valence-electron chi connectivity index (χ0n) is 15.0. The summed E-state index contributed by atoms with van der Waals surface area (Å²) >= 11 is 0. The summed E-state index contributed by atoms with van der Waals surface area (Å²) in [6, 6.07) is 6.90. The average Bonchev–Trinajstić information content (AvgIpc) is 2.50. The maximum atomic E-state index is 12.4. The van der Waals surface area contributed by atoms with Gasteiger partial charge in [0.1, 0.15) is 6.04 Å². The van der Waals surface area contributed by atoms with Gasteiger partial charge in [0.2, 0.25) is 5.91 Å². The van der Waals surface area contributed by atoms with Gasteiger partial charge < -0.3 is 16.0 Å². The third kappa shape index (κ3) is 7.79. The van der Waals surface area contributed by atoms with Crippen LogP contribution in [-0.2, 0) is 4.79 Å². The first kappa shape index (κ1) is 22.4. The van der Waals surface area contributed by atoms with E-state index in [-0.39, 0.29) is 24.2 Å². The number of amides is 2. The van der Waals surface area contributed by atoms with Crippen LogP contribution in [0.2, 0.25) is 0 Å². The lowest BCUT2D eigenvalue weighted by Crippen LogP contribution is -2.47. The van der Waals surface area contributed by atoms with Crippen LogP contribution in [0.15, 0.2) is 24.3 Å². The summed E-state index contributed by atoms with van der Waals surface area (Å²) in [4.78, 5) is 24.8. The van der Waals surface area contributed by atoms with Crippen molar-refractivity contribution >= 4 is 24.2 Å². The molecule has 0 saturated carbocycles. The Hall–Kier alpha value is -1.59. The first-order chi connectivity index (χ1) is 11.0. The molecule has 1 rings (SSSR count). The minimum atomic E-state index is -0.503. The average molecular weight is 356 g/mol. The highest BCUT2D eigenvalue weighted by Gasteiger charge is 2.22. The van der Waals surface area contributed by atoms with Crippen molar-refractivity contribution in [2.24, 2.45) is 5.92 Å². The number of nitrogens with one attached hydrogen (secondary N) is 3. The number of carbonyl (C=O) groups is 2. The second-order valence-corrected chi connectivity index (χ2v) is 6.22. The Morgan fingerprint density at radius 1 is 1.12 bits per heavy atom. The lowest BCUT2D eigenvalue weighted by molar-refractivity contribution is -0.123. The molecule has 0 radical (unpaired) electrons. The normalized spacial score (nSPS) is 11.5. The summed E-state index contributed by atoms with van der Waals surface area (Å²) < 4.78 is 0. The Kier molecular flexibility index (Phi) is 11.1. The van der Waals surface area contributed by atoms with E-state index in [1.165, 1.54) is 0 Å². The zero-order valence-corrected chi connectivity index (χ0v) is 15.8. The number of hydrogen-bond donors (Lipinski definition) is 3. The monoisotopic (exact) mass is 355 g/mol. The van der Waals surface area contributed by atoms with Crippen molar-refractivity contribution < 1.29 is 9.59 Å². The number of benzene rings is 1. The molecule has 0 spiro atoms. The Bertz CT molecular complexity index is 521. The summed E-state index contributed by atoms with van der Waals surface area (Å²) in [7, 11) is 1.88. The zero-order chi connectivity index (χ0) is 17.2. The fraction of sp³-hybridized carbons (Fsp3) is 0.556. The van der Waals surface area contributed by atoms with Gasteiger partial charge in [0.25, 0.3) is 5.91 Å². The van der Waals surface area contributed by atoms with Gasteiger partial charge in [-0.1, -0.05) is 32.0 Å². The standard InChI is InChI=1S/C18H29N3O2.ClH/c1-13(2)12-16(18(23)20-11-7-10-19-4)21-17(22)15-9-6-5-8-14(15)3;/h5-6,8-9,13,16,19H,7,10-12H2,1-4H3,(H,20,23)(H,21,22);1H. The molecule has 24 heavy (non-hydrogen) atoms. The highest BCUT2D eigenvalue weighted by molar-refractivity contribution is 5.98. The molecule has 1 unspecified atom stereocenters. The second-order valence-electron chi connectivity index (χ2n) is 6.22. The maximum absolute atomic E-state index is 12.4. The van der Waals surface area contributed by atoms with Crippen LogP contribution >= 0.6 is 12.4 Å². The Morgan fingerprint density at radius 2 is 1.79 bits per heavy atom. The number of rotatable bonds is 9. The quantitative estimate of drug-likeness (QED) is 0.595. The summed E-state index contributed by atoms with van der Waals surface area (Å²) in [6.07, 6.45) is 1.48. The molecule has 2 amide bonds. The van der Waals surface area contributed by atoms with Gasteiger partial charge in [-0.3, -0.25) is 9.59 Å². The molecule has 0 bridgehead atoms. The highest BCUT2D eigenvalue weighted by atomic mass is 35.5. The fourth-order valence-electron chi connectivity index (χ4n) is 2.37. The van der Waals surface area contributed by atoms with Gasteiger partial charge in [0, 0.05) is 12.1 Å². The fourth-order valence-corrected chi connectivity index (χ4v) is 2.37. The number of halogens is 1. The van der Waals surface area contributed by atoms with E-state index in [1.807, 2.05) is 46.0 Å². The van der Waals surface area contributed by atoms with E-state index in [9.17, 15) is 9.59 Å². The summed E-state index contributed by atoms with van der Waals surface area (Å²) in [6.45, 7) is 7.44. The molecule has 6 heteroatoms. The van der Waals surface area contributed by atoms with Crippen LogP contribution in [0.4, 0.5) is 0 Å². The molecule has 136 valence electrons. The molecule has 0 aromatic heterocycles. The predicted molar refractivity (Wildman–Crippen MR) is 101 cm³/mol. The van der Waals surface area contributed by atoms with Gasteiger partial charge in [-0.05, 0) is 50.9 Å². The van der Waals surface area contributed by atoms with Crippen molar-refractivity contribution in [2.75, 3.05) is 20.1 Å². The Labute approximate surface area is 151 Å². The minimum absolute atomic E-state index is 0. The third-order valence-electron chi connectivity index (χ3n) is 3.62. The summed E-state index contributed by atoms with van der Waals surface area (Å²) in [5, 5.41) is 8.82. The van der Waals surface area contributed by atoms with Crippen molar-refractivity contribution in [3.8, 4) is 0 Å². The van der Waals surface area contributed by atoms with Crippen LogP contribution < -0.4 is 16.0 Å². The third-order valence-corrected chi connectivity index (χ3v) is 3.62. The number of carbonyl (C=O) groups excluding carboxylic acids is 2. The van der Waals surface area contributed by atoms with Gasteiger partial charge >= 0.3 is 0 Å². The lowest BCUT2D eigenvalue weighted by atomic mass is 10.0. The molecule has 0 aliphatic heterocycles. The first-order valence-corrected chi connectivity index (χ1v) is 8.24. The van der Waals surface area contributed by atoms with E-state index in [1.54, 1.807) is 6.07 Å². The maximum Gasteiger partial charge on any atom is 0.252 e. The molecular formula is C18H30ClN3O2. The van der Waals surface area contributed by atoms with E-state index >= 15 is 0 Å². The van der Waals surface area contributed by atoms with Crippen LogP contribution in [0.5, 0.6) is 0 Å². The largest absolute Gasteiger partial charge is 0.354 e.